The molecule has 1 heterocycles. The smallest absolute Gasteiger partial charge is 0.268 e. The topological polar surface area (TPSA) is 94.2 Å². The zero-order chi connectivity index (χ0) is 15.5. The van der Waals surface area contributed by atoms with Gasteiger partial charge in [-0.15, -0.1) is 0 Å². The molecule has 0 aromatic carbocycles. The van der Waals surface area contributed by atoms with Crippen molar-refractivity contribution < 1.29 is 13.2 Å². The number of nitrogens with two attached hydrogens (primary N) is 1. The van der Waals surface area contributed by atoms with Crippen LogP contribution in [0, 0.1) is 5.92 Å². The van der Waals surface area contributed by atoms with Gasteiger partial charge in [-0.1, -0.05) is 20.8 Å². The van der Waals surface area contributed by atoms with Crippen molar-refractivity contribution in [3.05, 3.63) is 18.0 Å². The van der Waals surface area contributed by atoms with Gasteiger partial charge in [0.15, 0.2) is 0 Å². The van der Waals surface area contributed by atoms with E-state index < -0.39 is 10.0 Å². The number of primary sulfonamides is 1. The summed E-state index contributed by atoms with van der Waals surface area (Å²) in [6.45, 7) is 8.39. The number of hydrogen-bond donors (Lipinski definition) is 2. The van der Waals surface area contributed by atoms with E-state index >= 15 is 0 Å². The third kappa shape index (κ3) is 3.83. The van der Waals surface area contributed by atoms with Crippen LogP contribution >= 0.6 is 0 Å². The first kappa shape index (κ1) is 16.7. The van der Waals surface area contributed by atoms with Gasteiger partial charge in [0.2, 0.25) is 10.0 Å². The summed E-state index contributed by atoms with van der Waals surface area (Å²) in [6.07, 6.45) is 2.21. The fraction of sp³-hybridized carbons (Fsp3) is 0.615. The van der Waals surface area contributed by atoms with Crippen molar-refractivity contribution >= 4 is 15.9 Å². The Morgan fingerprint density at radius 2 is 2.00 bits per heavy atom. The van der Waals surface area contributed by atoms with E-state index in [1.807, 2.05) is 27.7 Å². The summed E-state index contributed by atoms with van der Waals surface area (Å²) in [7, 11) is -3.80. The van der Waals surface area contributed by atoms with Gasteiger partial charge in [0.25, 0.3) is 5.91 Å². The molecule has 7 heteroatoms. The first-order valence-corrected chi connectivity index (χ1v) is 8.29. The van der Waals surface area contributed by atoms with Crippen molar-refractivity contribution in [2.75, 3.05) is 0 Å². The van der Waals surface area contributed by atoms with Gasteiger partial charge in [-0.25, -0.2) is 13.6 Å². The first-order valence-electron chi connectivity index (χ1n) is 6.74. The van der Waals surface area contributed by atoms with Gasteiger partial charge in [-0.3, -0.25) is 4.79 Å². The highest BCUT2D eigenvalue weighted by atomic mass is 32.2. The van der Waals surface area contributed by atoms with E-state index in [4.69, 9.17) is 5.14 Å². The quantitative estimate of drug-likeness (QED) is 0.829. The SMILES string of the molecule is CCC(NC(=O)c1cc(S(N)(=O)=O)cn1CC)C(C)C. The largest absolute Gasteiger partial charge is 0.348 e. The zero-order valence-corrected chi connectivity index (χ0v) is 13.2. The lowest BCUT2D eigenvalue weighted by atomic mass is 10.0. The van der Waals surface area contributed by atoms with E-state index in [0.717, 1.165) is 6.42 Å². The number of sulfonamides is 1. The highest BCUT2D eigenvalue weighted by Gasteiger charge is 2.21. The molecule has 1 atom stereocenters. The Hall–Kier alpha value is -1.34. The first-order chi connectivity index (χ1) is 9.20. The van der Waals surface area contributed by atoms with Crippen molar-refractivity contribution in [2.24, 2.45) is 11.1 Å². The van der Waals surface area contributed by atoms with Crippen LogP contribution in [0.25, 0.3) is 0 Å². The lowest BCUT2D eigenvalue weighted by Gasteiger charge is -2.21. The molecule has 3 N–H and O–H groups in total. The van der Waals surface area contributed by atoms with E-state index in [0.29, 0.717) is 18.2 Å². The lowest BCUT2D eigenvalue weighted by Crippen LogP contribution is -2.38. The number of hydrogen-bond acceptors (Lipinski definition) is 3. The van der Waals surface area contributed by atoms with Crippen molar-refractivity contribution in [2.45, 2.75) is 51.6 Å². The maximum absolute atomic E-state index is 12.3. The molecule has 0 aliphatic rings. The second-order valence-electron chi connectivity index (χ2n) is 5.12. The molecule has 0 aliphatic carbocycles. The number of carbonyl (C=O) groups is 1. The lowest BCUT2D eigenvalue weighted by molar-refractivity contribution is 0.0915. The third-order valence-corrected chi connectivity index (χ3v) is 4.21. The molecule has 1 aromatic heterocycles. The molecule has 0 saturated carbocycles. The van der Waals surface area contributed by atoms with Gasteiger partial charge in [0, 0.05) is 18.8 Å². The molecule has 20 heavy (non-hydrogen) atoms. The van der Waals surface area contributed by atoms with Crippen LogP contribution in [0.15, 0.2) is 17.2 Å². The predicted octanol–water partition coefficient (Wildman–Crippen LogP) is 1.32. The number of aryl methyl sites for hydroxylation is 1. The molecule has 0 spiro atoms. The van der Waals surface area contributed by atoms with Crippen LogP contribution in [0.2, 0.25) is 0 Å². The fourth-order valence-corrected chi connectivity index (χ4v) is 2.62. The Kier molecular flexibility index (Phi) is 5.35. The summed E-state index contributed by atoms with van der Waals surface area (Å²) in [5, 5.41) is 8.02. The number of rotatable bonds is 6. The minimum atomic E-state index is -3.80. The molecule has 1 rings (SSSR count). The van der Waals surface area contributed by atoms with Crippen molar-refractivity contribution in [3.8, 4) is 0 Å². The van der Waals surface area contributed by atoms with Crippen molar-refractivity contribution in [1.29, 1.82) is 0 Å². The normalized spacial score (nSPS) is 13.5. The van der Waals surface area contributed by atoms with E-state index in [1.165, 1.54) is 12.3 Å². The van der Waals surface area contributed by atoms with Crippen LogP contribution in [0.3, 0.4) is 0 Å². The second kappa shape index (κ2) is 6.41. The van der Waals surface area contributed by atoms with Gasteiger partial charge in [-0.2, -0.15) is 0 Å². The van der Waals surface area contributed by atoms with Crippen molar-refractivity contribution in [3.63, 3.8) is 0 Å². The Bertz CT molecular complexity index is 576. The molecule has 0 radical (unpaired) electrons. The zero-order valence-electron chi connectivity index (χ0n) is 12.4. The number of amides is 1. The monoisotopic (exact) mass is 301 g/mol. The molecular weight excluding hydrogens is 278 g/mol. The molecule has 0 saturated heterocycles. The summed E-state index contributed by atoms with van der Waals surface area (Å²) in [6, 6.07) is 1.38. The number of nitrogens with one attached hydrogen (secondary N) is 1. The average Bonchev–Trinajstić information content (AvgIpc) is 2.79. The molecule has 1 unspecified atom stereocenters. The van der Waals surface area contributed by atoms with Gasteiger partial charge in [-0.05, 0) is 25.3 Å². The van der Waals surface area contributed by atoms with Crippen LogP contribution < -0.4 is 10.5 Å². The van der Waals surface area contributed by atoms with E-state index in [-0.39, 0.29) is 16.8 Å². The summed E-state index contributed by atoms with van der Waals surface area (Å²) >= 11 is 0. The molecule has 0 bridgehead atoms. The number of nitrogens with zero attached hydrogens (tertiary/aromatic N) is 1. The van der Waals surface area contributed by atoms with E-state index in [9.17, 15) is 13.2 Å². The summed E-state index contributed by atoms with van der Waals surface area (Å²) in [5.41, 5.74) is 0.315. The molecule has 0 aliphatic heterocycles. The maximum Gasteiger partial charge on any atom is 0.268 e. The summed E-state index contributed by atoms with van der Waals surface area (Å²) < 4.78 is 24.3. The van der Waals surface area contributed by atoms with Gasteiger partial charge >= 0.3 is 0 Å². The van der Waals surface area contributed by atoms with Crippen LogP contribution in [0.4, 0.5) is 0 Å². The van der Waals surface area contributed by atoms with Gasteiger partial charge < -0.3 is 9.88 Å². The Morgan fingerprint density at radius 1 is 1.40 bits per heavy atom. The van der Waals surface area contributed by atoms with Gasteiger partial charge in [0.1, 0.15) is 10.6 Å². The maximum atomic E-state index is 12.3. The second-order valence-corrected chi connectivity index (χ2v) is 6.69. The molecule has 0 fully saturated rings. The summed E-state index contributed by atoms with van der Waals surface area (Å²) in [5.74, 6) is 0.0361. The predicted molar refractivity (Wildman–Crippen MR) is 77.9 cm³/mol. The van der Waals surface area contributed by atoms with Crippen LogP contribution in [0.5, 0.6) is 0 Å². The fourth-order valence-electron chi connectivity index (χ4n) is 2.07. The molecular formula is C13H23N3O3S. The third-order valence-electron chi connectivity index (χ3n) is 3.33. The minimum Gasteiger partial charge on any atom is -0.348 e. The standard InChI is InChI=1S/C13H23N3O3S/c1-5-11(9(3)4)15-13(17)12-7-10(20(14,18)19)8-16(12)6-2/h7-9,11H,5-6H2,1-4H3,(H,15,17)(H2,14,18,19). The summed E-state index contributed by atoms with van der Waals surface area (Å²) in [4.78, 5) is 12.2. The Balaban J connectivity index is 3.07. The van der Waals surface area contributed by atoms with E-state index in [2.05, 4.69) is 5.32 Å². The Morgan fingerprint density at radius 3 is 2.40 bits per heavy atom. The van der Waals surface area contributed by atoms with Gasteiger partial charge in [0.05, 0.1) is 0 Å². The van der Waals surface area contributed by atoms with Crippen molar-refractivity contribution in [1.82, 2.24) is 9.88 Å². The Labute approximate surface area is 120 Å². The molecule has 6 nitrogen and oxygen atoms in total. The highest BCUT2D eigenvalue weighted by molar-refractivity contribution is 7.89. The minimum absolute atomic E-state index is 0.0397. The van der Waals surface area contributed by atoms with Crippen LogP contribution in [0.1, 0.15) is 44.6 Å². The molecule has 1 amide bonds. The highest BCUT2D eigenvalue weighted by Crippen LogP contribution is 2.14. The molecule has 114 valence electrons. The average molecular weight is 301 g/mol. The van der Waals surface area contributed by atoms with E-state index in [1.54, 1.807) is 4.57 Å². The van der Waals surface area contributed by atoms with Crippen LogP contribution in [-0.4, -0.2) is 24.9 Å². The van der Waals surface area contributed by atoms with Crippen LogP contribution in [-0.2, 0) is 16.6 Å². The molecule has 1 aromatic rings. The number of carbonyl (C=O) groups excluding carboxylic acids is 1. The number of aromatic nitrogens is 1.